The molecule has 10 nitrogen and oxygen atoms in total. The molecule has 1 aliphatic rings. The van der Waals surface area contributed by atoms with Crippen LogP contribution in [0, 0.1) is 5.41 Å². The van der Waals surface area contributed by atoms with Crippen LogP contribution < -0.4 is 10.5 Å². The Bertz CT molecular complexity index is 1480. The summed E-state index contributed by atoms with van der Waals surface area (Å²) in [6, 6.07) is 11.2. The van der Waals surface area contributed by atoms with Gasteiger partial charge in [-0.05, 0) is 24.1 Å². The molecule has 3 aromatic rings. The molecule has 1 aliphatic heterocycles. The van der Waals surface area contributed by atoms with Gasteiger partial charge >= 0.3 is 12.1 Å². The Morgan fingerprint density at radius 3 is 2.54 bits per heavy atom. The summed E-state index contributed by atoms with van der Waals surface area (Å²) in [6.45, 7) is 0.646. The molecule has 4 rings (SSSR count). The molecule has 1 saturated heterocycles. The van der Waals surface area contributed by atoms with Crippen LogP contribution in [0.15, 0.2) is 59.1 Å². The molecule has 1 amide bonds. The fourth-order valence-electron chi connectivity index (χ4n) is 3.55. The molecular formula is C23H21ClF3N5O5S2. The van der Waals surface area contributed by atoms with Gasteiger partial charge in [0.15, 0.2) is 0 Å². The monoisotopic (exact) mass is 603 g/mol. The summed E-state index contributed by atoms with van der Waals surface area (Å²) in [7, 11) is -3.94. The molecule has 0 bridgehead atoms. The van der Waals surface area contributed by atoms with Gasteiger partial charge in [-0.1, -0.05) is 41.9 Å². The van der Waals surface area contributed by atoms with E-state index < -0.39 is 28.2 Å². The molecule has 1 unspecified atom stereocenters. The quantitative estimate of drug-likeness (QED) is 0.237. The first-order valence-electron chi connectivity index (χ1n) is 10.9. The van der Waals surface area contributed by atoms with E-state index in [1.54, 1.807) is 47.6 Å². The van der Waals surface area contributed by atoms with Crippen molar-refractivity contribution in [2.45, 2.75) is 29.4 Å². The molecule has 3 heterocycles. The summed E-state index contributed by atoms with van der Waals surface area (Å²) in [6.07, 6.45) is -1.51. The van der Waals surface area contributed by atoms with Crippen LogP contribution in [0.25, 0.3) is 10.4 Å². The van der Waals surface area contributed by atoms with Gasteiger partial charge in [0.25, 0.3) is 10.0 Å². The predicted octanol–water partition coefficient (Wildman–Crippen LogP) is 3.46. The number of carbonyl (C=O) groups is 2. The normalized spacial score (nSPS) is 15.5. The zero-order chi connectivity index (χ0) is 29.0. The van der Waals surface area contributed by atoms with E-state index in [9.17, 15) is 26.4 Å². The van der Waals surface area contributed by atoms with Gasteiger partial charge in [0.05, 0.1) is 9.90 Å². The smallest absolute Gasteiger partial charge is 0.475 e. The number of amides is 1. The lowest BCUT2D eigenvalue weighted by atomic mass is 10.1. The number of alkyl halides is 3. The maximum absolute atomic E-state index is 12.9. The first kappa shape index (κ1) is 30.0. The van der Waals surface area contributed by atoms with Crippen LogP contribution >= 0.6 is 22.9 Å². The number of benzene rings is 1. The zero-order valence-electron chi connectivity index (χ0n) is 19.8. The van der Waals surface area contributed by atoms with Gasteiger partial charge in [0, 0.05) is 36.6 Å². The van der Waals surface area contributed by atoms with Crippen LogP contribution in [0.5, 0.6) is 0 Å². The highest BCUT2D eigenvalue weighted by Crippen LogP contribution is 2.38. The lowest BCUT2D eigenvalue weighted by Crippen LogP contribution is -2.41. The summed E-state index contributed by atoms with van der Waals surface area (Å²) in [4.78, 5) is 28.0. The Hall–Kier alpha value is -3.53. The number of rotatable bonds is 7. The van der Waals surface area contributed by atoms with Crippen LogP contribution in [0.1, 0.15) is 17.5 Å². The molecule has 2 aromatic heterocycles. The fraction of sp³-hybridized carbons (Fsp3) is 0.217. The van der Waals surface area contributed by atoms with Crippen molar-refractivity contribution in [1.29, 1.82) is 5.41 Å². The molecule has 39 heavy (non-hydrogen) atoms. The van der Waals surface area contributed by atoms with Crippen molar-refractivity contribution in [3.63, 3.8) is 0 Å². The number of halogens is 4. The van der Waals surface area contributed by atoms with Crippen molar-refractivity contribution in [3.05, 3.63) is 71.0 Å². The molecule has 0 saturated carbocycles. The molecule has 1 fully saturated rings. The van der Waals surface area contributed by atoms with Crippen molar-refractivity contribution in [2.24, 2.45) is 5.73 Å². The van der Waals surface area contributed by atoms with Gasteiger partial charge in [0.2, 0.25) is 5.91 Å². The third-order valence-corrected chi connectivity index (χ3v) is 8.90. The number of thiophene rings is 1. The maximum atomic E-state index is 12.9. The second-order valence-electron chi connectivity index (χ2n) is 8.08. The molecule has 1 aromatic carbocycles. The molecule has 0 aliphatic carbocycles. The van der Waals surface area contributed by atoms with Crippen molar-refractivity contribution in [3.8, 4) is 10.4 Å². The molecule has 208 valence electrons. The number of amidine groups is 1. The van der Waals surface area contributed by atoms with E-state index in [1.807, 2.05) is 6.07 Å². The number of nitrogens with zero attached hydrogens (tertiary/aromatic N) is 2. The highest BCUT2D eigenvalue weighted by molar-refractivity contribution is 7.91. The number of hydrogen-bond donors (Lipinski definition) is 4. The number of aromatic nitrogens is 1. The van der Waals surface area contributed by atoms with E-state index in [1.165, 1.54) is 6.07 Å². The third-order valence-electron chi connectivity index (χ3n) is 5.36. The molecule has 0 radical (unpaired) electrons. The van der Waals surface area contributed by atoms with Crippen molar-refractivity contribution in [1.82, 2.24) is 14.6 Å². The molecule has 0 spiro atoms. The minimum atomic E-state index is -5.08. The number of likely N-dealkylation sites (tertiary alicyclic amines) is 1. The number of carbonyl (C=O) groups excluding carboxylic acids is 1. The average Bonchev–Trinajstić information content (AvgIpc) is 3.43. The van der Waals surface area contributed by atoms with E-state index in [4.69, 9.17) is 32.6 Å². The van der Waals surface area contributed by atoms with Gasteiger partial charge in [-0.25, -0.2) is 13.2 Å². The lowest BCUT2D eigenvalue weighted by Gasteiger charge is -2.19. The zero-order valence-corrected chi connectivity index (χ0v) is 22.2. The standard InChI is InChI=1S/C21H20ClN5O3S2.C2HF3O2/c22-16-10-18(31-19(16)13-5-3-8-25-11-13)32(29,30)26-17-7-9-27(21(17)28)12-14-4-1-2-6-15(14)20(23)24;3-2(4,5)1(6)7/h1-6,8,10-11,17,26H,7,9,12H2,(H3,23,24);(H,6,7). The van der Waals surface area contributed by atoms with E-state index in [-0.39, 0.29) is 22.5 Å². The summed E-state index contributed by atoms with van der Waals surface area (Å²) in [5.41, 5.74) is 7.64. The van der Waals surface area contributed by atoms with Gasteiger partial charge < -0.3 is 15.7 Å². The van der Waals surface area contributed by atoms with Crippen molar-refractivity contribution in [2.75, 3.05) is 6.54 Å². The number of nitrogen functional groups attached to an aromatic ring is 1. The van der Waals surface area contributed by atoms with Crippen LogP contribution in [-0.2, 0) is 26.2 Å². The summed E-state index contributed by atoms with van der Waals surface area (Å²) < 4.78 is 60.2. The Morgan fingerprint density at radius 1 is 1.28 bits per heavy atom. The molecule has 5 N–H and O–H groups in total. The number of aliphatic carboxylic acids is 1. The third kappa shape index (κ3) is 7.53. The Balaban J connectivity index is 0.000000532. The van der Waals surface area contributed by atoms with Gasteiger partial charge in [-0.15, -0.1) is 11.3 Å². The van der Waals surface area contributed by atoms with Crippen LogP contribution in [0.4, 0.5) is 13.2 Å². The van der Waals surface area contributed by atoms with E-state index in [0.717, 1.165) is 22.5 Å². The van der Waals surface area contributed by atoms with E-state index in [2.05, 4.69) is 9.71 Å². The Morgan fingerprint density at radius 2 is 1.95 bits per heavy atom. The number of nitrogens with one attached hydrogen (secondary N) is 2. The van der Waals surface area contributed by atoms with Gasteiger partial charge in [-0.2, -0.15) is 17.9 Å². The number of hydrogen-bond acceptors (Lipinski definition) is 7. The van der Waals surface area contributed by atoms with Crippen LogP contribution in [-0.4, -0.2) is 59.9 Å². The largest absolute Gasteiger partial charge is 0.490 e. The van der Waals surface area contributed by atoms with E-state index >= 15 is 0 Å². The first-order chi connectivity index (χ1) is 18.2. The van der Waals surface area contributed by atoms with Gasteiger partial charge in [0.1, 0.15) is 16.1 Å². The van der Waals surface area contributed by atoms with Crippen LogP contribution in [0.2, 0.25) is 5.02 Å². The second kappa shape index (κ2) is 12.1. The second-order valence-corrected chi connectivity index (χ2v) is 11.5. The number of carboxylic acid groups (broad SMARTS) is 1. The first-order valence-corrected chi connectivity index (χ1v) is 13.6. The predicted molar refractivity (Wildman–Crippen MR) is 138 cm³/mol. The number of sulfonamides is 1. The van der Waals surface area contributed by atoms with Crippen LogP contribution in [0.3, 0.4) is 0 Å². The van der Waals surface area contributed by atoms with Crippen molar-refractivity contribution < 1.29 is 36.3 Å². The fourth-order valence-corrected chi connectivity index (χ4v) is 6.60. The summed E-state index contributed by atoms with van der Waals surface area (Å²) >= 11 is 7.30. The number of carboxylic acids is 1. The summed E-state index contributed by atoms with van der Waals surface area (Å²) in [5, 5.41) is 15.1. The lowest BCUT2D eigenvalue weighted by molar-refractivity contribution is -0.192. The van der Waals surface area contributed by atoms with Gasteiger partial charge in [-0.3, -0.25) is 15.2 Å². The summed E-state index contributed by atoms with van der Waals surface area (Å²) in [5.74, 6) is -3.15. The number of pyridine rings is 1. The van der Waals surface area contributed by atoms with Crippen molar-refractivity contribution >= 4 is 50.7 Å². The maximum Gasteiger partial charge on any atom is 0.490 e. The SMILES string of the molecule is N=C(N)c1ccccc1CN1CCC(NS(=O)(=O)c2cc(Cl)c(-c3cccnc3)s2)C1=O.O=C(O)C(F)(F)F. The highest BCUT2D eigenvalue weighted by Gasteiger charge is 2.38. The minimum absolute atomic E-state index is 0.0366. The Labute approximate surface area is 229 Å². The highest BCUT2D eigenvalue weighted by atomic mass is 35.5. The number of nitrogens with two attached hydrogens (primary N) is 1. The molecular weight excluding hydrogens is 583 g/mol. The van der Waals surface area contributed by atoms with E-state index in [0.29, 0.717) is 28.4 Å². The topological polar surface area (TPSA) is 167 Å². The molecule has 16 heteroatoms. The molecule has 1 atom stereocenters. The Kier molecular flexibility index (Phi) is 9.32. The minimum Gasteiger partial charge on any atom is -0.475 e. The average molecular weight is 604 g/mol.